The molecule has 0 saturated carbocycles. The van der Waals surface area contributed by atoms with Crippen LogP contribution in [-0.2, 0) is 6.54 Å². The van der Waals surface area contributed by atoms with Crippen LogP contribution in [0, 0.1) is 0 Å². The molecule has 0 aliphatic rings. The largest absolute Gasteiger partial charge is 0.494 e. The van der Waals surface area contributed by atoms with Gasteiger partial charge in [-0.15, -0.1) is 0 Å². The van der Waals surface area contributed by atoms with Crippen LogP contribution in [-0.4, -0.2) is 16.2 Å². The van der Waals surface area contributed by atoms with E-state index in [0.29, 0.717) is 5.02 Å². The molecule has 0 atom stereocenters. The minimum Gasteiger partial charge on any atom is -0.494 e. The third-order valence-electron chi connectivity index (χ3n) is 2.43. The van der Waals surface area contributed by atoms with Gasteiger partial charge in [0.15, 0.2) is 0 Å². The fourth-order valence-electron chi connectivity index (χ4n) is 1.56. The van der Waals surface area contributed by atoms with Crippen molar-refractivity contribution in [2.24, 2.45) is 0 Å². The highest BCUT2D eigenvalue weighted by atomic mass is 35.5. The number of imidazole rings is 1. The van der Waals surface area contributed by atoms with Crippen molar-refractivity contribution in [2.75, 3.05) is 6.61 Å². The molecule has 1 aromatic carbocycles. The number of aromatic nitrogens is 2. The molecule has 0 amide bonds. The van der Waals surface area contributed by atoms with E-state index in [-0.39, 0.29) is 0 Å². The van der Waals surface area contributed by atoms with Crippen LogP contribution in [0.2, 0.25) is 5.02 Å². The summed E-state index contributed by atoms with van der Waals surface area (Å²) < 4.78 is 7.67. The van der Waals surface area contributed by atoms with Crippen molar-refractivity contribution >= 4 is 11.6 Å². The summed E-state index contributed by atoms with van der Waals surface area (Å²) in [6, 6.07) is 7.48. The average molecular weight is 251 g/mol. The van der Waals surface area contributed by atoms with Gasteiger partial charge in [-0.2, -0.15) is 0 Å². The Labute approximate surface area is 106 Å². The maximum Gasteiger partial charge on any atom is 0.120 e. The van der Waals surface area contributed by atoms with E-state index in [9.17, 15) is 0 Å². The van der Waals surface area contributed by atoms with Gasteiger partial charge in [-0.3, -0.25) is 0 Å². The van der Waals surface area contributed by atoms with Gasteiger partial charge in [0.25, 0.3) is 0 Å². The number of ether oxygens (including phenoxy) is 1. The first-order valence-corrected chi connectivity index (χ1v) is 6.06. The van der Waals surface area contributed by atoms with Crippen LogP contribution in [0.25, 0.3) is 0 Å². The molecule has 0 aliphatic heterocycles. The van der Waals surface area contributed by atoms with Crippen LogP contribution in [0.3, 0.4) is 0 Å². The molecule has 2 aromatic rings. The Morgan fingerprint density at radius 3 is 3.00 bits per heavy atom. The third kappa shape index (κ3) is 4.11. The molecule has 1 heterocycles. The average Bonchev–Trinajstić information content (AvgIpc) is 2.82. The molecule has 0 aliphatic carbocycles. The van der Waals surface area contributed by atoms with Gasteiger partial charge in [0.1, 0.15) is 5.75 Å². The number of unbranched alkanes of at least 4 members (excludes halogenated alkanes) is 1. The maximum atomic E-state index is 5.86. The van der Waals surface area contributed by atoms with Crippen molar-refractivity contribution in [2.45, 2.75) is 19.4 Å². The zero-order valence-corrected chi connectivity index (χ0v) is 10.3. The quantitative estimate of drug-likeness (QED) is 0.735. The molecule has 0 saturated heterocycles. The fraction of sp³-hybridized carbons (Fsp3) is 0.308. The lowest BCUT2D eigenvalue weighted by Gasteiger charge is -2.06. The molecule has 3 nitrogen and oxygen atoms in total. The zero-order valence-electron chi connectivity index (χ0n) is 9.55. The van der Waals surface area contributed by atoms with Crippen molar-refractivity contribution in [3.05, 3.63) is 48.0 Å². The van der Waals surface area contributed by atoms with Crippen LogP contribution in [0.5, 0.6) is 5.75 Å². The standard InChI is InChI=1S/C13H15ClN2O/c14-12-4-3-5-13(10-12)17-9-2-1-7-16-8-6-15-11-16/h3-6,8,10-11H,1-2,7,9H2. The van der Waals surface area contributed by atoms with E-state index in [1.165, 1.54) is 0 Å². The Bertz CT molecular complexity index is 442. The van der Waals surface area contributed by atoms with Gasteiger partial charge in [0.05, 0.1) is 12.9 Å². The van der Waals surface area contributed by atoms with E-state index in [1.54, 1.807) is 6.20 Å². The third-order valence-corrected chi connectivity index (χ3v) is 2.67. The lowest BCUT2D eigenvalue weighted by Crippen LogP contribution is -2.00. The topological polar surface area (TPSA) is 27.1 Å². The Kier molecular flexibility index (Phi) is 4.45. The van der Waals surface area contributed by atoms with Gasteiger partial charge in [-0.1, -0.05) is 17.7 Å². The second-order valence-electron chi connectivity index (χ2n) is 3.81. The monoisotopic (exact) mass is 250 g/mol. The number of nitrogens with zero attached hydrogens (tertiary/aromatic N) is 2. The summed E-state index contributed by atoms with van der Waals surface area (Å²) in [5.41, 5.74) is 0. The summed E-state index contributed by atoms with van der Waals surface area (Å²) in [4.78, 5) is 4.00. The van der Waals surface area contributed by atoms with Gasteiger partial charge in [-0.05, 0) is 31.0 Å². The number of aryl methyl sites for hydroxylation is 1. The van der Waals surface area contributed by atoms with Gasteiger partial charge >= 0.3 is 0 Å². The Balaban J connectivity index is 1.63. The lowest BCUT2D eigenvalue weighted by molar-refractivity contribution is 0.303. The number of hydrogen-bond acceptors (Lipinski definition) is 2. The van der Waals surface area contributed by atoms with Crippen molar-refractivity contribution in [1.82, 2.24) is 9.55 Å². The van der Waals surface area contributed by atoms with E-state index in [2.05, 4.69) is 9.55 Å². The van der Waals surface area contributed by atoms with E-state index in [4.69, 9.17) is 16.3 Å². The number of hydrogen-bond donors (Lipinski definition) is 0. The van der Waals surface area contributed by atoms with E-state index in [1.807, 2.05) is 36.8 Å². The van der Waals surface area contributed by atoms with Crippen LogP contribution >= 0.6 is 11.6 Å². The highest BCUT2D eigenvalue weighted by Gasteiger charge is 1.95. The smallest absolute Gasteiger partial charge is 0.120 e. The lowest BCUT2D eigenvalue weighted by atomic mass is 10.3. The first-order valence-electron chi connectivity index (χ1n) is 5.69. The fourth-order valence-corrected chi connectivity index (χ4v) is 1.74. The van der Waals surface area contributed by atoms with Crippen molar-refractivity contribution in [3.63, 3.8) is 0 Å². The molecule has 0 radical (unpaired) electrons. The summed E-state index contributed by atoms with van der Waals surface area (Å²) in [6.45, 7) is 1.70. The van der Waals surface area contributed by atoms with Gasteiger partial charge < -0.3 is 9.30 Å². The van der Waals surface area contributed by atoms with Gasteiger partial charge in [0, 0.05) is 24.0 Å². The Hall–Kier alpha value is -1.48. The van der Waals surface area contributed by atoms with Gasteiger partial charge in [-0.25, -0.2) is 4.98 Å². The molecular weight excluding hydrogens is 236 g/mol. The molecule has 0 unspecified atom stereocenters. The first kappa shape index (κ1) is 12.0. The van der Waals surface area contributed by atoms with Crippen molar-refractivity contribution in [3.8, 4) is 5.75 Å². The molecule has 17 heavy (non-hydrogen) atoms. The molecule has 90 valence electrons. The van der Waals surface area contributed by atoms with Crippen LogP contribution in [0.15, 0.2) is 43.0 Å². The maximum absolute atomic E-state index is 5.86. The Morgan fingerprint density at radius 2 is 2.24 bits per heavy atom. The predicted octanol–water partition coefficient (Wildman–Crippen LogP) is 3.40. The minimum atomic E-state index is 0.709. The van der Waals surface area contributed by atoms with Crippen molar-refractivity contribution in [1.29, 1.82) is 0 Å². The van der Waals surface area contributed by atoms with E-state index in [0.717, 1.165) is 31.7 Å². The molecule has 0 N–H and O–H groups in total. The number of halogens is 1. The first-order chi connectivity index (χ1) is 8.34. The van der Waals surface area contributed by atoms with Crippen LogP contribution in [0.4, 0.5) is 0 Å². The summed E-state index contributed by atoms with van der Waals surface area (Å²) >= 11 is 5.86. The highest BCUT2D eigenvalue weighted by Crippen LogP contribution is 2.17. The normalized spacial score (nSPS) is 10.4. The number of rotatable bonds is 6. The summed E-state index contributed by atoms with van der Waals surface area (Å²) in [7, 11) is 0. The van der Waals surface area contributed by atoms with Crippen LogP contribution in [0.1, 0.15) is 12.8 Å². The molecule has 1 aromatic heterocycles. The second-order valence-corrected chi connectivity index (χ2v) is 4.25. The summed E-state index contributed by atoms with van der Waals surface area (Å²) in [5, 5.41) is 0.709. The van der Waals surface area contributed by atoms with E-state index < -0.39 is 0 Å². The molecule has 2 rings (SSSR count). The van der Waals surface area contributed by atoms with E-state index >= 15 is 0 Å². The molecule has 0 spiro atoms. The highest BCUT2D eigenvalue weighted by molar-refractivity contribution is 6.30. The van der Waals surface area contributed by atoms with Gasteiger partial charge in [0.2, 0.25) is 0 Å². The number of benzene rings is 1. The summed E-state index contributed by atoms with van der Waals surface area (Å²) in [6.07, 6.45) is 7.69. The molecule has 0 fully saturated rings. The predicted molar refractivity (Wildman–Crippen MR) is 68.4 cm³/mol. The van der Waals surface area contributed by atoms with Crippen LogP contribution < -0.4 is 4.74 Å². The molecule has 0 bridgehead atoms. The second kappa shape index (κ2) is 6.30. The SMILES string of the molecule is Clc1cccc(OCCCCn2ccnc2)c1. The summed E-state index contributed by atoms with van der Waals surface area (Å²) in [5.74, 6) is 0.833. The molecular formula is C13H15ClN2O. The zero-order chi connectivity index (χ0) is 11.9. The van der Waals surface area contributed by atoms with Crippen molar-refractivity contribution < 1.29 is 4.74 Å². The molecule has 4 heteroatoms. The minimum absolute atomic E-state index is 0.709. The Morgan fingerprint density at radius 1 is 1.29 bits per heavy atom.